The van der Waals surface area contributed by atoms with Gasteiger partial charge in [-0.25, -0.2) is 5.43 Å². The van der Waals surface area contributed by atoms with E-state index in [1.807, 2.05) is 42.5 Å². The predicted molar refractivity (Wildman–Crippen MR) is 86.4 cm³/mol. The maximum absolute atomic E-state index is 11.7. The monoisotopic (exact) mass is 324 g/mol. The highest BCUT2D eigenvalue weighted by Crippen LogP contribution is 2.14. The molecule has 3 aromatic rings. The predicted octanol–water partition coefficient (Wildman–Crippen LogP) is 1.49. The third-order valence-corrected chi connectivity index (χ3v) is 3.17. The van der Waals surface area contributed by atoms with Gasteiger partial charge in [-0.3, -0.25) is 4.79 Å². The third kappa shape index (κ3) is 3.58. The number of carbonyl (C=O) groups is 1. The zero-order valence-electron chi connectivity index (χ0n) is 12.4. The van der Waals surface area contributed by atoms with Gasteiger partial charge in [0.25, 0.3) is 5.91 Å². The van der Waals surface area contributed by atoms with Gasteiger partial charge in [0, 0.05) is 5.10 Å². The largest absolute Gasteiger partial charge is 0.490 e. The smallest absolute Gasteiger partial charge is 0.390 e. The lowest BCUT2D eigenvalue weighted by Crippen LogP contribution is -2.23. The Morgan fingerprint density at radius 1 is 1.29 bits per heavy atom. The third-order valence-electron chi connectivity index (χ3n) is 3.17. The number of nitrogens with one attached hydrogen (secondary N) is 1. The highest BCUT2D eigenvalue weighted by atomic mass is 16.6. The van der Waals surface area contributed by atoms with Gasteiger partial charge < -0.3 is 10.1 Å². The number of benzene rings is 2. The number of nitro groups is 1. The number of hydrazone groups is 1. The molecule has 0 fully saturated rings. The summed E-state index contributed by atoms with van der Waals surface area (Å²) in [6, 6.07) is 13.7. The molecule has 1 amide bonds. The highest BCUT2D eigenvalue weighted by Gasteiger charge is 2.14. The lowest BCUT2D eigenvalue weighted by Gasteiger charge is -1.99. The molecule has 0 saturated carbocycles. The van der Waals surface area contributed by atoms with E-state index in [4.69, 9.17) is 0 Å². The van der Waals surface area contributed by atoms with E-state index in [0.29, 0.717) is 0 Å². The van der Waals surface area contributed by atoms with E-state index in [-0.39, 0.29) is 6.54 Å². The first-order valence-electron chi connectivity index (χ1n) is 6.96. The molecule has 0 aliphatic heterocycles. The number of aromatic nitrogens is 3. The van der Waals surface area contributed by atoms with Crippen LogP contribution in [0.3, 0.4) is 0 Å². The maximum atomic E-state index is 11.7. The highest BCUT2D eigenvalue weighted by molar-refractivity contribution is 5.90. The molecule has 1 N–H and O–H groups in total. The Labute approximate surface area is 135 Å². The van der Waals surface area contributed by atoms with Gasteiger partial charge in [-0.2, -0.15) is 9.78 Å². The molecule has 0 atom stereocenters. The number of amides is 1. The normalized spacial score (nSPS) is 11.0. The number of hydrogen-bond acceptors (Lipinski definition) is 6. The molecule has 0 saturated heterocycles. The van der Waals surface area contributed by atoms with Gasteiger partial charge in [0.1, 0.15) is 6.54 Å². The second-order valence-electron chi connectivity index (χ2n) is 4.90. The molecule has 0 aliphatic rings. The fourth-order valence-corrected chi connectivity index (χ4v) is 2.09. The summed E-state index contributed by atoms with van der Waals surface area (Å²) in [5.74, 6) is -1.02. The van der Waals surface area contributed by atoms with Crippen LogP contribution in [0, 0.1) is 10.1 Å². The molecule has 9 nitrogen and oxygen atoms in total. The average Bonchev–Trinajstić information content (AvgIpc) is 3.03. The standard InChI is InChI=1S/C15H12N6O3/c22-14(9-20-10-16-15(19-20)21(23)24)18-17-8-11-5-6-12-3-1-2-4-13(12)7-11/h1-8,10H,9H2,(H,18,22)/b17-8-. The number of hydrogen-bond donors (Lipinski definition) is 1. The lowest BCUT2D eigenvalue weighted by atomic mass is 10.1. The van der Waals surface area contributed by atoms with Crippen molar-refractivity contribution in [3.05, 3.63) is 64.5 Å². The molecule has 0 unspecified atom stereocenters. The van der Waals surface area contributed by atoms with Crippen molar-refractivity contribution in [2.45, 2.75) is 6.54 Å². The molecule has 0 spiro atoms. The summed E-state index contributed by atoms with van der Waals surface area (Å²) in [7, 11) is 0. The van der Waals surface area contributed by atoms with Gasteiger partial charge in [0.2, 0.25) is 6.33 Å². The minimum atomic E-state index is -0.730. The molecule has 9 heteroatoms. The van der Waals surface area contributed by atoms with Crippen LogP contribution in [0.4, 0.5) is 5.95 Å². The second kappa shape index (κ2) is 6.65. The molecule has 24 heavy (non-hydrogen) atoms. The Bertz CT molecular complexity index is 934. The molecule has 0 aliphatic carbocycles. The minimum absolute atomic E-state index is 0.212. The zero-order chi connectivity index (χ0) is 16.9. The fraction of sp³-hybridized carbons (Fsp3) is 0.0667. The van der Waals surface area contributed by atoms with Gasteiger partial charge >= 0.3 is 5.95 Å². The van der Waals surface area contributed by atoms with Crippen LogP contribution >= 0.6 is 0 Å². The summed E-state index contributed by atoms with van der Waals surface area (Å²) in [6.45, 7) is -0.212. The van der Waals surface area contributed by atoms with Gasteiger partial charge in [0.15, 0.2) is 0 Å². The first kappa shape index (κ1) is 15.3. The molecule has 1 heterocycles. The van der Waals surface area contributed by atoms with E-state index < -0.39 is 16.8 Å². The van der Waals surface area contributed by atoms with Gasteiger partial charge in [-0.1, -0.05) is 41.4 Å². The quantitative estimate of drug-likeness (QED) is 0.434. The van der Waals surface area contributed by atoms with E-state index in [1.54, 1.807) is 0 Å². The molecule has 120 valence electrons. The van der Waals surface area contributed by atoms with E-state index in [9.17, 15) is 14.9 Å². The average molecular weight is 324 g/mol. The Morgan fingerprint density at radius 2 is 2.08 bits per heavy atom. The van der Waals surface area contributed by atoms with Crippen molar-refractivity contribution < 1.29 is 9.72 Å². The van der Waals surface area contributed by atoms with E-state index >= 15 is 0 Å². The summed E-state index contributed by atoms with van der Waals surface area (Å²) in [5.41, 5.74) is 3.18. The van der Waals surface area contributed by atoms with Gasteiger partial charge in [-0.05, 0) is 27.3 Å². The van der Waals surface area contributed by atoms with Crippen molar-refractivity contribution in [1.82, 2.24) is 20.2 Å². The van der Waals surface area contributed by atoms with Crippen LogP contribution in [0.1, 0.15) is 5.56 Å². The van der Waals surface area contributed by atoms with Crippen molar-refractivity contribution in [1.29, 1.82) is 0 Å². The fourth-order valence-electron chi connectivity index (χ4n) is 2.09. The maximum Gasteiger partial charge on any atom is 0.490 e. The van der Waals surface area contributed by atoms with Gasteiger partial charge in [-0.15, -0.1) is 0 Å². The van der Waals surface area contributed by atoms with Crippen molar-refractivity contribution in [3.8, 4) is 0 Å². The van der Waals surface area contributed by atoms with Crippen LogP contribution in [0.25, 0.3) is 10.8 Å². The first-order chi connectivity index (χ1) is 11.6. The van der Waals surface area contributed by atoms with Crippen LogP contribution < -0.4 is 5.43 Å². The topological polar surface area (TPSA) is 115 Å². The Hall–Kier alpha value is -3.62. The van der Waals surface area contributed by atoms with E-state index in [0.717, 1.165) is 27.3 Å². The van der Waals surface area contributed by atoms with Crippen LogP contribution in [0.5, 0.6) is 0 Å². The Kier molecular flexibility index (Phi) is 4.23. The summed E-state index contributed by atoms with van der Waals surface area (Å²) >= 11 is 0. The second-order valence-corrected chi connectivity index (χ2v) is 4.90. The van der Waals surface area contributed by atoms with E-state index in [1.165, 1.54) is 6.21 Å². The van der Waals surface area contributed by atoms with Crippen LogP contribution in [0.15, 0.2) is 53.9 Å². The first-order valence-corrected chi connectivity index (χ1v) is 6.96. The van der Waals surface area contributed by atoms with E-state index in [2.05, 4.69) is 20.6 Å². The minimum Gasteiger partial charge on any atom is -0.390 e. The summed E-state index contributed by atoms with van der Waals surface area (Å²) in [6.07, 6.45) is 2.64. The van der Waals surface area contributed by atoms with Crippen LogP contribution in [-0.4, -0.2) is 31.8 Å². The van der Waals surface area contributed by atoms with Gasteiger partial charge in [0.05, 0.1) is 6.21 Å². The number of rotatable bonds is 5. The summed E-state index contributed by atoms with van der Waals surface area (Å²) < 4.78 is 1.07. The number of carbonyl (C=O) groups excluding carboxylic acids is 1. The lowest BCUT2D eigenvalue weighted by molar-refractivity contribution is -0.394. The molecular weight excluding hydrogens is 312 g/mol. The molecule has 1 aromatic heterocycles. The van der Waals surface area contributed by atoms with Crippen LogP contribution in [0.2, 0.25) is 0 Å². The molecule has 3 rings (SSSR count). The number of nitrogens with zero attached hydrogens (tertiary/aromatic N) is 5. The van der Waals surface area contributed by atoms with Crippen molar-refractivity contribution in [3.63, 3.8) is 0 Å². The number of fused-ring (bicyclic) bond motifs is 1. The van der Waals surface area contributed by atoms with Crippen molar-refractivity contribution in [2.75, 3.05) is 0 Å². The summed E-state index contributed by atoms with van der Waals surface area (Å²) in [4.78, 5) is 24.9. The zero-order valence-corrected chi connectivity index (χ0v) is 12.4. The molecule has 0 radical (unpaired) electrons. The Morgan fingerprint density at radius 3 is 2.83 bits per heavy atom. The molecule has 2 aromatic carbocycles. The molecular formula is C15H12N6O3. The summed E-state index contributed by atoms with van der Waals surface area (Å²) in [5, 5.41) is 20.1. The molecule has 0 bridgehead atoms. The van der Waals surface area contributed by atoms with Crippen molar-refractivity contribution >= 4 is 28.8 Å². The van der Waals surface area contributed by atoms with Crippen molar-refractivity contribution in [2.24, 2.45) is 5.10 Å². The Balaban J connectivity index is 1.59. The van der Waals surface area contributed by atoms with Crippen LogP contribution in [-0.2, 0) is 11.3 Å². The SMILES string of the molecule is O=C(Cn1cnc([N+](=O)[O-])n1)N/N=C\c1ccc2ccccc2c1.